The van der Waals surface area contributed by atoms with E-state index >= 15 is 0 Å². The zero-order valence-electron chi connectivity index (χ0n) is 7.79. The molecule has 0 saturated heterocycles. The zero-order chi connectivity index (χ0) is 9.68. The molecule has 1 aromatic carbocycles. The molecule has 1 N–H and O–H groups in total. The molecule has 3 nitrogen and oxygen atoms in total. The van der Waals surface area contributed by atoms with Crippen molar-refractivity contribution in [3.8, 4) is 11.8 Å². The number of rotatable bonds is 3. The van der Waals surface area contributed by atoms with Gasteiger partial charge in [0.05, 0.1) is 18.7 Å². The van der Waals surface area contributed by atoms with Gasteiger partial charge in [-0.15, -0.1) is 0 Å². The maximum Gasteiger partial charge on any atom is 0.120 e. The summed E-state index contributed by atoms with van der Waals surface area (Å²) < 4.78 is 5.02. The maximum atomic E-state index is 8.83. The number of ether oxygens (including phenoxy) is 1. The standard InChI is InChI=1S/C10H12N2O/c1-12-7-8-3-4-10(13-2)5-9(8)6-11/h3-5,12H,7H2,1-2H3. The van der Waals surface area contributed by atoms with E-state index in [1.165, 1.54) is 0 Å². The SMILES string of the molecule is CNCc1ccc(OC)cc1C#N. The Labute approximate surface area is 77.9 Å². The zero-order valence-corrected chi connectivity index (χ0v) is 7.79. The number of methoxy groups -OCH3 is 1. The number of nitriles is 1. The fourth-order valence-electron chi connectivity index (χ4n) is 1.13. The van der Waals surface area contributed by atoms with Crippen LogP contribution in [0.5, 0.6) is 5.75 Å². The summed E-state index contributed by atoms with van der Waals surface area (Å²) >= 11 is 0. The van der Waals surface area contributed by atoms with Crippen molar-refractivity contribution in [2.75, 3.05) is 14.2 Å². The highest BCUT2D eigenvalue weighted by atomic mass is 16.5. The summed E-state index contributed by atoms with van der Waals surface area (Å²) in [6.45, 7) is 0.701. The molecule has 1 rings (SSSR count). The highest BCUT2D eigenvalue weighted by Crippen LogP contribution is 2.16. The van der Waals surface area contributed by atoms with Gasteiger partial charge in [0.2, 0.25) is 0 Å². The lowest BCUT2D eigenvalue weighted by molar-refractivity contribution is 0.414. The van der Waals surface area contributed by atoms with E-state index in [-0.39, 0.29) is 0 Å². The monoisotopic (exact) mass is 176 g/mol. The lowest BCUT2D eigenvalue weighted by Gasteiger charge is -2.05. The molecular weight excluding hydrogens is 164 g/mol. The van der Waals surface area contributed by atoms with Gasteiger partial charge in [-0.1, -0.05) is 6.07 Å². The minimum Gasteiger partial charge on any atom is -0.497 e. The Bertz CT molecular complexity index is 328. The third kappa shape index (κ3) is 2.20. The first-order valence-electron chi connectivity index (χ1n) is 4.03. The van der Waals surface area contributed by atoms with E-state index in [1.54, 1.807) is 13.2 Å². The first-order chi connectivity index (χ1) is 6.31. The predicted octanol–water partition coefficient (Wildman–Crippen LogP) is 1.29. The average Bonchev–Trinajstić information content (AvgIpc) is 2.19. The molecule has 0 saturated carbocycles. The molecule has 0 amide bonds. The Morgan fingerprint density at radius 3 is 2.85 bits per heavy atom. The van der Waals surface area contributed by atoms with Crippen LogP contribution in [0, 0.1) is 11.3 Å². The van der Waals surface area contributed by atoms with Gasteiger partial charge in [0.1, 0.15) is 5.75 Å². The van der Waals surface area contributed by atoms with Crippen LogP contribution in [-0.4, -0.2) is 14.2 Å². The van der Waals surface area contributed by atoms with E-state index in [1.807, 2.05) is 19.2 Å². The van der Waals surface area contributed by atoms with Crippen molar-refractivity contribution in [1.82, 2.24) is 5.32 Å². The Hall–Kier alpha value is -1.53. The maximum absolute atomic E-state index is 8.83. The summed E-state index contributed by atoms with van der Waals surface area (Å²) in [6, 6.07) is 7.63. The van der Waals surface area contributed by atoms with Crippen LogP contribution in [-0.2, 0) is 6.54 Å². The summed E-state index contributed by atoms with van der Waals surface area (Å²) in [5.41, 5.74) is 1.65. The summed E-state index contributed by atoms with van der Waals surface area (Å²) in [6.07, 6.45) is 0. The van der Waals surface area contributed by atoms with Crippen molar-refractivity contribution in [1.29, 1.82) is 5.26 Å². The highest BCUT2D eigenvalue weighted by molar-refractivity contribution is 5.43. The van der Waals surface area contributed by atoms with Crippen molar-refractivity contribution in [2.24, 2.45) is 0 Å². The van der Waals surface area contributed by atoms with Crippen molar-refractivity contribution >= 4 is 0 Å². The van der Waals surface area contributed by atoms with E-state index in [2.05, 4.69) is 11.4 Å². The Morgan fingerprint density at radius 2 is 2.31 bits per heavy atom. The van der Waals surface area contributed by atoms with E-state index in [9.17, 15) is 0 Å². The van der Waals surface area contributed by atoms with Gasteiger partial charge in [-0.2, -0.15) is 5.26 Å². The second kappa shape index (κ2) is 4.48. The molecule has 0 unspecified atom stereocenters. The van der Waals surface area contributed by atoms with Crippen molar-refractivity contribution < 1.29 is 4.74 Å². The molecule has 0 spiro atoms. The molecule has 68 valence electrons. The van der Waals surface area contributed by atoms with Gasteiger partial charge in [0.25, 0.3) is 0 Å². The summed E-state index contributed by atoms with van der Waals surface area (Å²) in [4.78, 5) is 0. The second-order valence-electron chi connectivity index (χ2n) is 2.67. The second-order valence-corrected chi connectivity index (χ2v) is 2.67. The largest absolute Gasteiger partial charge is 0.497 e. The molecule has 0 aliphatic heterocycles. The summed E-state index contributed by atoms with van der Waals surface area (Å²) in [5.74, 6) is 0.719. The quantitative estimate of drug-likeness (QED) is 0.754. The van der Waals surface area contributed by atoms with Gasteiger partial charge in [0, 0.05) is 6.54 Å². The van der Waals surface area contributed by atoms with E-state index < -0.39 is 0 Å². The first kappa shape index (κ1) is 9.56. The fourth-order valence-corrected chi connectivity index (χ4v) is 1.13. The first-order valence-corrected chi connectivity index (χ1v) is 4.03. The van der Waals surface area contributed by atoms with Gasteiger partial charge in [-0.3, -0.25) is 0 Å². The molecular formula is C10H12N2O. The molecule has 0 radical (unpaired) electrons. The molecule has 0 atom stereocenters. The summed E-state index contributed by atoms with van der Waals surface area (Å²) in [5, 5.41) is 11.8. The number of hydrogen-bond donors (Lipinski definition) is 1. The van der Waals surface area contributed by atoms with Gasteiger partial charge < -0.3 is 10.1 Å². The average molecular weight is 176 g/mol. The number of benzene rings is 1. The topological polar surface area (TPSA) is 45.0 Å². The van der Waals surface area contributed by atoms with E-state index in [0.717, 1.165) is 11.3 Å². The van der Waals surface area contributed by atoms with Gasteiger partial charge in [-0.05, 0) is 24.7 Å². The molecule has 0 aliphatic carbocycles. The minimum absolute atomic E-state index is 0.661. The predicted molar refractivity (Wildman–Crippen MR) is 50.5 cm³/mol. The molecule has 0 fully saturated rings. The third-order valence-electron chi connectivity index (χ3n) is 1.80. The van der Waals surface area contributed by atoms with Crippen LogP contribution in [0.15, 0.2) is 18.2 Å². The molecule has 0 aromatic heterocycles. The molecule has 3 heteroatoms. The normalized spacial score (nSPS) is 9.31. The number of hydrogen-bond acceptors (Lipinski definition) is 3. The van der Waals surface area contributed by atoms with Crippen LogP contribution in [0.2, 0.25) is 0 Å². The molecule has 13 heavy (non-hydrogen) atoms. The Balaban J connectivity index is 3.02. The molecule has 0 aliphatic rings. The van der Waals surface area contributed by atoms with Gasteiger partial charge in [-0.25, -0.2) is 0 Å². The fraction of sp³-hybridized carbons (Fsp3) is 0.300. The molecule has 1 aromatic rings. The van der Waals surface area contributed by atoms with Crippen LogP contribution >= 0.6 is 0 Å². The van der Waals surface area contributed by atoms with Gasteiger partial charge >= 0.3 is 0 Å². The molecule has 0 bridgehead atoms. The molecule has 0 heterocycles. The van der Waals surface area contributed by atoms with Crippen molar-refractivity contribution in [2.45, 2.75) is 6.54 Å². The number of nitrogens with one attached hydrogen (secondary N) is 1. The van der Waals surface area contributed by atoms with Gasteiger partial charge in [0.15, 0.2) is 0 Å². The minimum atomic E-state index is 0.661. The Morgan fingerprint density at radius 1 is 1.54 bits per heavy atom. The third-order valence-corrected chi connectivity index (χ3v) is 1.80. The smallest absolute Gasteiger partial charge is 0.120 e. The van der Waals surface area contributed by atoms with E-state index in [0.29, 0.717) is 12.1 Å². The van der Waals surface area contributed by atoms with Crippen LogP contribution in [0.25, 0.3) is 0 Å². The van der Waals surface area contributed by atoms with Crippen LogP contribution in [0.4, 0.5) is 0 Å². The highest BCUT2D eigenvalue weighted by Gasteiger charge is 2.02. The lowest BCUT2D eigenvalue weighted by atomic mass is 10.1. The van der Waals surface area contributed by atoms with Crippen molar-refractivity contribution in [3.05, 3.63) is 29.3 Å². The van der Waals surface area contributed by atoms with Crippen molar-refractivity contribution in [3.63, 3.8) is 0 Å². The van der Waals surface area contributed by atoms with Crippen LogP contribution in [0.3, 0.4) is 0 Å². The lowest BCUT2D eigenvalue weighted by Crippen LogP contribution is -2.06. The summed E-state index contributed by atoms with van der Waals surface area (Å²) in [7, 11) is 3.44. The van der Waals surface area contributed by atoms with Crippen LogP contribution in [0.1, 0.15) is 11.1 Å². The Kier molecular flexibility index (Phi) is 3.30. The van der Waals surface area contributed by atoms with E-state index in [4.69, 9.17) is 10.00 Å². The number of nitrogens with zero attached hydrogens (tertiary/aromatic N) is 1. The van der Waals surface area contributed by atoms with Crippen LogP contribution < -0.4 is 10.1 Å².